The Morgan fingerprint density at radius 1 is 1.32 bits per heavy atom. The van der Waals surface area contributed by atoms with Gasteiger partial charge in [0.25, 0.3) is 0 Å². The molecule has 0 saturated carbocycles. The lowest BCUT2D eigenvalue weighted by atomic mass is 10.1. The molecule has 1 atom stereocenters. The van der Waals surface area contributed by atoms with Gasteiger partial charge in [0, 0.05) is 32.0 Å². The number of nitrogens with zero attached hydrogens (tertiary/aromatic N) is 4. The van der Waals surface area contributed by atoms with Crippen LogP contribution in [0, 0.1) is 0 Å². The number of hydrogen-bond donors (Lipinski definition) is 1. The van der Waals surface area contributed by atoms with Crippen LogP contribution in [0.4, 0.5) is 4.79 Å². The highest BCUT2D eigenvalue weighted by Gasteiger charge is 2.36. The number of hydrogen-bond acceptors (Lipinski definition) is 7. The van der Waals surface area contributed by atoms with Gasteiger partial charge >= 0.3 is 12.1 Å². The molecular formula is C16H24N4O4S. The van der Waals surface area contributed by atoms with Crippen LogP contribution in [0.3, 0.4) is 0 Å². The van der Waals surface area contributed by atoms with E-state index in [1.807, 2.05) is 11.2 Å². The van der Waals surface area contributed by atoms with Crippen molar-refractivity contribution in [3.63, 3.8) is 0 Å². The molecule has 1 aromatic rings. The van der Waals surface area contributed by atoms with E-state index in [4.69, 9.17) is 4.74 Å². The summed E-state index contributed by atoms with van der Waals surface area (Å²) in [7, 11) is 0. The maximum absolute atomic E-state index is 12.2. The summed E-state index contributed by atoms with van der Waals surface area (Å²) < 4.78 is 5.35. The molecule has 1 fully saturated rings. The molecule has 1 saturated heterocycles. The summed E-state index contributed by atoms with van der Waals surface area (Å²) in [6, 6.07) is -0.807. The van der Waals surface area contributed by atoms with Crippen LogP contribution in [0.2, 0.25) is 0 Å². The second kappa shape index (κ2) is 8.01. The third-order valence-corrected chi connectivity index (χ3v) is 4.44. The van der Waals surface area contributed by atoms with Crippen molar-refractivity contribution in [3.05, 3.63) is 18.1 Å². The van der Waals surface area contributed by atoms with E-state index in [1.165, 1.54) is 16.7 Å². The predicted octanol–water partition coefficient (Wildman–Crippen LogP) is 1.70. The number of aliphatic carboxylic acids is 1. The van der Waals surface area contributed by atoms with E-state index in [-0.39, 0.29) is 6.54 Å². The quantitative estimate of drug-likeness (QED) is 0.803. The topological polar surface area (TPSA) is 95.9 Å². The lowest BCUT2D eigenvalue weighted by Gasteiger charge is -2.39. The standard InChI is InChI=1S/C16H24N4O4S/c1-16(2,3)24-15(23)20-8-7-19(12(10-20)14(21)22)9-11-13(25-4)18-6-5-17-11/h5-6,12H,7-10H2,1-4H3,(H,21,22)/t12-/m1/s1. The highest BCUT2D eigenvalue weighted by Crippen LogP contribution is 2.20. The predicted molar refractivity (Wildman–Crippen MR) is 93.5 cm³/mol. The highest BCUT2D eigenvalue weighted by atomic mass is 32.2. The van der Waals surface area contributed by atoms with Gasteiger partial charge in [-0.1, -0.05) is 0 Å². The van der Waals surface area contributed by atoms with Crippen molar-refractivity contribution in [1.82, 2.24) is 19.8 Å². The van der Waals surface area contributed by atoms with E-state index in [2.05, 4.69) is 9.97 Å². The van der Waals surface area contributed by atoms with Crippen molar-refractivity contribution in [2.24, 2.45) is 0 Å². The summed E-state index contributed by atoms with van der Waals surface area (Å²) >= 11 is 1.47. The number of carboxylic acids is 1. The molecule has 0 aromatic carbocycles. The van der Waals surface area contributed by atoms with Crippen LogP contribution in [0.15, 0.2) is 17.4 Å². The summed E-state index contributed by atoms with van der Waals surface area (Å²) in [5.74, 6) is -0.970. The van der Waals surface area contributed by atoms with Crippen molar-refractivity contribution >= 4 is 23.8 Å². The number of aromatic nitrogens is 2. The molecule has 1 aliphatic rings. The largest absolute Gasteiger partial charge is 0.480 e. The van der Waals surface area contributed by atoms with Gasteiger partial charge in [-0.15, -0.1) is 11.8 Å². The van der Waals surface area contributed by atoms with E-state index in [9.17, 15) is 14.7 Å². The minimum Gasteiger partial charge on any atom is -0.480 e. The summed E-state index contributed by atoms with van der Waals surface area (Å²) in [6.07, 6.45) is 4.64. The van der Waals surface area contributed by atoms with Gasteiger partial charge < -0.3 is 14.7 Å². The van der Waals surface area contributed by atoms with Gasteiger partial charge in [-0.2, -0.15) is 0 Å². The maximum Gasteiger partial charge on any atom is 0.410 e. The number of thioether (sulfide) groups is 1. The lowest BCUT2D eigenvalue weighted by Crippen LogP contribution is -2.58. The van der Waals surface area contributed by atoms with Gasteiger partial charge in [0.2, 0.25) is 0 Å². The number of carbonyl (C=O) groups is 2. The zero-order valence-corrected chi connectivity index (χ0v) is 15.7. The van der Waals surface area contributed by atoms with Crippen LogP contribution in [0.25, 0.3) is 0 Å². The molecule has 8 nitrogen and oxygen atoms in total. The SMILES string of the molecule is CSc1nccnc1CN1CCN(C(=O)OC(C)(C)C)C[C@@H]1C(=O)O. The molecule has 2 heterocycles. The molecule has 2 rings (SSSR count). The molecule has 1 aliphatic heterocycles. The molecule has 25 heavy (non-hydrogen) atoms. The monoisotopic (exact) mass is 368 g/mol. The molecule has 1 N–H and O–H groups in total. The van der Waals surface area contributed by atoms with Gasteiger partial charge in [0.05, 0.1) is 12.2 Å². The summed E-state index contributed by atoms with van der Waals surface area (Å²) in [5, 5.41) is 10.4. The van der Waals surface area contributed by atoms with Crippen molar-refractivity contribution in [3.8, 4) is 0 Å². The number of rotatable bonds is 4. The van der Waals surface area contributed by atoms with Gasteiger partial charge in [0.1, 0.15) is 16.7 Å². The molecular weight excluding hydrogens is 344 g/mol. The maximum atomic E-state index is 12.2. The Morgan fingerprint density at radius 3 is 2.60 bits per heavy atom. The minimum atomic E-state index is -0.970. The number of carbonyl (C=O) groups excluding carboxylic acids is 1. The molecule has 1 amide bonds. The average molecular weight is 368 g/mol. The lowest BCUT2D eigenvalue weighted by molar-refractivity contribution is -0.145. The minimum absolute atomic E-state index is 0.0825. The van der Waals surface area contributed by atoms with Crippen LogP contribution in [-0.4, -0.2) is 74.5 Å². The Hall–Kier alpha value is -1.87. The molecule has 0 spiro atoms. The number of amides is 1. The van der Waals surface area contributed by atoms with E-state index in [0.29, 0.717) is 19.6 Å². The Morgan fingerprint density at radius 2 is 2.00 bits per heavy atom. The van der Waals surface area contributed by atoms with Crippen LogP contribution in [-0.2, 0) is 16.1 Å². The van der Waals surface area contributed by atoms with Crippen molar-refractivity contribution in [2.45, 2.75) is 44.0 Å². The Kier molecular flexibility index (Phi) is 6.23. The molecule has 0 aliphatic carbocycles. The highest BCUT2D eigenvalue weighted by molar-refractivity contribution is 7.98. The van der Waals surface area contributed by atoms with Gasteiger partial charge in [-0.3, -0.25) is 14.7 Å². The first-order valence-corrected chi connectivity index (χ1v) is 9.22. The zero-order chi connectivity index (χ0) is 18.6. The number of piperazine rings is 1. The van der Waals surface area contributed by atoms with Crippen LogP contribution in [0.5, 0.6) is 0 Å². The van der Waals surface area contributed by atoms with E-state index < -0.39 is 23.7 Å². The van der Waals surface area contributed by atoms with Gasteiger partial charge in [0.15, 0.2) is 0 Å². The first-order valence-electron chi connectivity index (χ1n) is 8.00. The van der Waals surface area contributed by atoms with E-state index in [0.717, 1.165) is 10.7 Å². The summed E-state index contributed by atoms with van der Waals surface area (Å²) in [6.45, 7) is 6.66. The van der Waals surface area contributed by atoms with E-state index in [1.54, 1.807) is 33.2 Å². The molecule has 0 unspecified atom stereocenters. The molecule has 0 bridgehead atoms. The Balaban J connectivity index is 2.09. The second-order valence-corrected chi connectivity index (χ2v) is 7.56. The third kappa shape index (κ3) is 5.30. The Bertz CT molecular complexity index is 635. The summed E-state index contributed by atoms with van der Waals surface area (Å²) in [4.78, 5) is 35.8. The van der Waals surface area contributed by atoms with E-state index >= 15 is 0 Å². The fraction of sp³-hybridized carbons (Fsp3) is 0.625. The van der Waals surface area contributed by atoms with Gasteiger partial charge in [-0.05, 0) is 27.0 Å². The number of carboxylic acid groups (broad SMARTS) is 1. The fourth-order valence-electron chi connectivity index (χ4n) is 2.56. The fourth-order valence-corrected chi connectivity index (χ4v) is 3.08. The molecule has 9 heteroatoms. The van der Waals surface area contributed by atoms with Crippen LogP contribution < -0.4 is 0 Å². The summed E-state index contributed by atoms with van der Waals surface area (Å²) in [5.41, 5.74) is 0.131. The molecule has 1 aromatic heterocycles. The Labute approximate surface area is 151 Å². The first-order chi connectivity index (χ1) is 11.7. The second-order valence-electron chi connectivity index (χ2n) is 6.76. The molecule has 0 radical (unpaired) electrons. The first kappa shape index (κ1) is 19.5. The van der Waals surface area contributed by atoms with Gasteiger partial charge in [-0.25, -0.2) is 9.78 Å². The zero-order valence-electron chi connectivity index (χ0n) is 14.9. The molecule has 138 valence electrons. The number of ether oxygens (including phenoxy) is 1. The van der Waals surface area contributed by atoms with Crippen LogP contribution in [0.1, 0.15) is 26.5 Å². The smallest absolute Gasteiger partial charge is 0.410 e. The van der Waals surface area contributed by atoms with Crippen molar-refractivity contribution < 1.29 is 19.4 Å². The van der Waals surface area contributed by atoms with Crippen LogP contribution >= 0.6 is 11.8 Å². The third-order valence-electron chi connectivity index (χ3n) is 3.71. The average Bonchev–Trinajstić information content (AvgIpc) is 2.53. The van der Waals surface area contributed by atoms with Crippen molar-refractivity contribution in [2.75, 3.05) is 25.9 Å². The normalized spacial score (nSPS) is 18.9. The van der Waals surface area contributed by atoms with Crippen molar-refractivity contribution in [1.29, 1.82) is 0 Å².